The Hall–Kier alpha value is -2.12. The van der Waals surface area contributed by atoms with E-state index in [2.05, 4.69) is 37.4 Å². The highest BCUT2D eigenvalue weighted by Gasteiger charge is 2.15. The molecular formula is C19H19BrN4OS. The lowest BCUT2D eigenvalue weighted by Crippen LogP contribution is -2.27. The molecule has 7 heteroatoms. The Morgan fingerprint density at radius 2 is 2.00 bits per heavy atom. The lowest BCUT2D eigenvalue weighted by atomic mass is 10.3. The summed E-state index contributed by atoms with van der Waals surface area (Å²) in [6.07, 6.45) is 5.37. The molecule has 1 aromatic carbocycles. The zero-order chi connectivity index (χ0) is 18.5. The van der Waals surface area contributed by atoms with Crippen LogP contribution in [-0.4, -0.2) is 33.2 Å². The fourth-order valence-electron chi connectivity index (χ4n) is 2.55. The molecule has 1 amide bonds. The Balaban J connectivity index is 1.70. The fraction of sp³-hybridized carbons (Fsp3) is 0.211. The van der Waals surface area contributed by atoms with Crippen LogP contribution in [0.1, 0.15) is 6.92 Å². The average molecular weight is 431 g/mol. The quantitative estimate of drug-likeness (QED) is 0.540. The maximum absolute atomic E-state index is 12.5. The first-order valence-corrected chi connectivity index (χ1v) is 9.99. The van der Waals surface area contributed by atoms with Gasteiger partial charge in [0.25, 0.3) is 0 Å². The highest BCUT2D eigenvalue weighted by Crippen LogP contribution is 2.26. The lowest BCUT2D eigenvalue weighted by Gasteiger charge is -2.17. The highest BCUT2D eigenvalue weighted by atomic mass is 79.9. The third-order valence-corrected chi connectivity index (χ3v) is 5.53. The van der Waals surface area contributed by atoms with Crippen molar-refractivity contribution < 1.29 is 4.79 Å². The van der Waals surface area contributed by atoms with Crippen LogP contribution in [0.15, 0.2) is 64.5 Å². The van der Waals surface area contributed by atoms with E-state index in [1.54, 1.807) is 24.3 Å². The van der Waals surface area contributed by atoms with Gasteiger partial charge in [0.2, 0.25) is 5.91 Å². The van der Waals surface area contributed by atoms with E-state index in [4.69, 9.17) is 0 Å². The van der Waals surface area contributed by atoms with Crippen LogP contribution in [0.3, 0.4) is 0 Å². The van der Waals surface area contributed by atoms with Crippen LogP contribution < -0.4 is 4.90 Å². The molecule has 2 heterocycles. The van der Waals surface area contributed by atoms with Crippen molar-refractivity contribution in [1.29, 1.82) is 0 Å². The molecule has 0 fully saturated rings. The van der Waals surface area contributed by atoms with Crippen molar-refractivity contribution >= 4 is 39.3 Å². The number of rotatable bonds is 6. The molecule has 0 saturated heterocycles. The molecule has 0 atom stereocenters. The van der Waals surface area contributed by atoms with Crippen LogP contribution in [0.4, 0.5) is 5.69 Å². The van der Waals surface area contributed by atoms with Crippen molar-refractivity contribution in [2.45, 2.75) is 18.5 Å². The number of hydrogen-bond donors (Lipinski definition) is 0. The molecule has 0 aliphatic heterocycles. The molecule has 5 nitrogen and oxygen atoms in total. The Bertz CT molecular complexity index is 880. The molecule has 0 aliphatic carbocycles. The van der Waals surface area contributed by atoms with Crippen molar-refractivity contribution in [2.75, 3.05) is 17.7 Å². The second-order valence-electron chi connectivity index (χ2n) is 5.62. The molecule has 0 radical (unpaired) electrons. The molecular weight excluding hydrogens is 412 g/mol. The van der Waals surface area contributed by atoms with Crippen LogP contribution in [0.5, 0.6) is 0 Å². The Morgan fingerprint density at radius 1 is 1.23 bits per heavy atom. The Morgan fingerprint density at radius 3 is 2.65 bits per heavy atom. The van der Waals surface area contributed by atoms with Crippen molar-refractivity contribution in [1.82, 2.24) is 14.5 Å². The standard InChI is InChI=1S/C19H19BrN4OS/c1-3-24-18(12-22-19(24)14-5-4-10-21-11-14)26-13-17(25)23(2)16-8-6-15(20)7-9-16/h4-12H,3,13H2,1-2H3. The van der Waals surface area contributed by atoms with Crippen molar-refractivity contribution in [2.24, 2.45) is 0 Å². The number of carbonyl (C=O) groups is 1. The van der Waals surface area contributed by atoms with Gasteiger partial charge in [0, 0.05) is 41.7 Å². The number of hydrogen-bond acceptors (Lipinski definition) is 4. The van der Waals surface area contributed by atoms with Gasteiger partial charge in [-0.05, 0) is 43.3 Å². The largest absolute Gasteiger partial charge is 0.319 e. The van der Waals surface area contributed by atoms with Gasteiger partial charge in [0.15, 0.2) is 0 Å². The van der Waals surface area contributed by atoms with E-state index < -0.39 is 0 Å². The number of nitrogens with zero attached hydrogens (tertiary/aromatic N) is 4. The summed E-state index contributed by atoms with van der Waals surface area (Å²) in [5.41, 5.74) is 1.85. The van der Waals surface area contributed by atoms with Crippen molar-refractivity contribution in [3.05, 3.63) is 59.5 Å². The van der Waals surface area contributed by atoms with Crippen LogP contribution in [0.2, 0.25) is 0 Å². The third kappa shape index (κ3) is 4.16. The van der Waals surface area contributed by atoms with Gasteiger partial charge in [0.05, 0.1) is 17.0 Å². The second-order valence-corrected chi connectivity index (χ2v) is 7.54. The van der Waals surface area contributed by atoms with Gasteiger partial charge >= 0.3 is 0 Å². The van der Waals surface area contributed by atoms with Gasteiger partial charge in [-0.25, -0.2) is 4.98 Å². The molecule has 26 heavy (non-hydrogen) atoms. The monoisotopic (exact) mass is 430 g/mol. The van der Waals surface area contributed by atoms with Gasteiger partial charge in [-0.15, -0.1) is 0 Å². The molecule has 0 unspecified atom stereocenters. The molecule has 0 N–H and O–H groups in total. The Kier molecular flexibility index (Phi) is 6.11. The minimum atomic E-state index is 0.0455. The first kappa shape index (κ1) is 18.7. The zero-order valence-corrected chi connectivity index (χ0v) is 17.0. The van der Waals surface area contributed by atoms with Gasteiger partial charge in [0.1, 0.15) is 5.82 Å². The molecule has 134 valence electrons. The summed E-state index contributed by atoms with van der Waals surface area (Å²) in [4.78, 5) is 22.9. The summed E-state index contributed by atoms with van der Waals surface area (Å²) in [6, 6.07) is 11.6. The van der Waals surface area contributed by atoms with Crippen LogP contribution in [0.25, 0.3) is 11.4 Å². The smallest absolute Gasteiger partial charge is 0.237 e. The van der Waals surface area contributed by atoms with E-state index >= 15 is 0 Å². The number of thioether (sulfide) groups is 1. The molecule has 0 spiro atoms. The van der Waals surface area contributed by atoms with Crippen LogP contribution in [-0.2, 0) is 11.3 Å². The summed E-state index contributed by atoms with van der Waals surface area (Å²) in [6.45, 7) is 2.85. The summed E-state index contributed by atoms with van der Waals surface area (Å²) < 4.78 is 3.10. The SMILES string of the molecule is CCn1c(SCC(=O)N(C)c2ccc(Br)cc2)cnc1-c1cccnc1. The third-order valence-electron chi connectivity index (χ3n) is 3.99. The molecule has 0 saturated carbocycles. The minimum absolute atomic E-state index is 0.0455. The van der Waals surface area contributed by atoms with E-state index in [1.165, 1.54) is 11.8 Å². The van der Waals surface area contributed by atoms with Crippen molar-refractivity contribution in [3.8, 4) is 11.4 Å². The van der Waals surface area contributed by atoms with Gasteiger partial charge in [-0.1, -0.05) is 27.7 Å². The molecule has 0 aliphatic rings. The number of anilines is 1. The van der Waals surface area contributed by atoms with Gasteiger partial charge in [-0.2, -0.15) is 0 Å². The topological polar surface area (TPSA) is 51.0 Å². The second kappa shape index (κ2) is 8.51. The van der Waals surface area contributed by atoms with E-state index in [-0.39, 0.29) is 5.91 Å². The maximum atomic E-state index is 12.5. The number of aromatic nitrogens is 3. The Labute approximate surface area is 165 Å². The normalized spacial score (nSPS) is 10.7. The summed E-state index contributed by atoms with van der Waals surface area (Å²) in [5, 5.41) is 0.976. The van der Waals surface area contributed by atoms with E-state index in [9.17, 15) is 4.79 Å². The average Bonchev–Trinajstić information content (AvgIpc) is 3.09. The predicted molar refractivity (Wildman–Crippen MR) is 109 cm³/mol. The minimum Gasteiger partial charge on any atom is -0.319 e. The number of halogens is 1. The van der Waals surface area contributed by atoms with Gasteiger partial charge in [-0.3, -0.25) is 9.78 Å². The predicted octanol–water partition coefficient (Wildman–Crippen LogP) is 4.48. The maximum Gasteiger partial charge on any atom is 0.237 e. The first-order chi connectivity index (χ1) is 12.6. The lowest BCUT2D eigenvalue weighted by molar-refractivity contribution is -0.115. The summed E-state index contributed by atoms with van der Waals surface area (Å²) >= 11 is 4.91. The molecule has 2 aromatic heterocycles. The first-order valence-electron chi connectivity index (χ1n) is 8.21. The number of benzene rings is 1. The van der Waals surface area contributed by atoms with Crippen LogP contribution in [0, 0.1) is 0 Å². The van der Waals surface area contributed by atoms with E-state index in [1.807, 2.05) is 42.6 Å². The number of carbonyl (C=O) groups excluding carboxylic acids is 1. The number of pyridine rings is 1. The molecule has 3 aromatic rings. The van der Waals surface area contributed by atoms with Crippen LogP contribution >= 0.6 is 27.7 Å². The van der Waals surface area contributed by atoms with E-state index in [0.717, 1.165) is 33.1 Å². The summed E-state index contributed by atoms with van der Waals surface area (Å²) in [7, 11) is 1.80. The number of amides is 1. The number of imidazole rings is 1. The summed E-state index contributed by atoms with van der Waals surface area (Å²) in [5.74, 6) is 1.27. The molecule has 0 bridgehead atoms. The highest BCUT2D eigenvalue weighted by molar-refractivity contribution is 9.10. The fourth-order valence-corrected chi connectivity index (χ4v) is 3.78. The molecule has 3 rings (SSSR count). The van der Waals surface area contributed by atoms with Crippen molar-refractivity contribution in [3.63, 3.8) is 0 Å². The van der Waals surface area contributed by atoms with E-state index in [0.29, 0.717) is 5.75 Å². The van der Waals surface area contributed by atoms with Gasteiger partial charge < -0.3 is 9.47 Å². The zero-order valence-electron chi connectivity index (χ0n) is 14.6.